The molecule has 0 saturated heterocycles. The summed E-state index contributed by atoms with van der Waals surface area (Å²) in [7, 11) is 1.60. The molecular weight excluding hydrogens is 413 g/mol. The number of ether oxygens (including phenoxy) is 2. The molecular formula is C23H24FN5O3. The Morgan fingerprint density at radius 3 is 2.53 bits per heavy atom. The van der Waals surface area contributed by atoms with Gasteiger partial charge in [-0.2, -0.15) is 4.98 Å². The molecule has 0 atom stereocenters. The van der Waals surface area contributed by atoms with E-state index >= 15 is 0 Å². The van der Waals surface area contributed by atoms with E-state index in [9.17, 15) is 9.18 Å². The van der Waals surface area contributed by atoms with Gasteiger partial charge in [0.05, 0.1) is 39.2 Å². The summed E-state index contributed by atoms with van der Waals surface area (Å²) in [5.74, 6) is 0.274. The van der Waals surface area contributed by atoms with E-state index in [0.717, 1.165) is 30.4 Å². The number of rotatable bonds is 9. The molecule has 32 heavy (non-hydrogen) atoms. The van der Waals surface area contributed by atoms with Crippen LogP contribution < -0.4 is 15.2 Å². The molecule has 166 valence electrons. The Kier molecular flexibility index (Phi) is 6.44. The zero-order valence-corrected chi connectivity index (χ0v) is 18.0. The second-order valence-electron chi connectivity index (χ2n) is 7.38. The molecule has 0 unspecified atom stereocenters. The first kappa shape index (κ1) is 21.5. The lowest BCUT2D eigenvalue weighted by Crippen LogP contribution is -2.25. The van der Waals surface area contributed by atoms with Crippen molar-refractivity contribution in [1.29, 1.82) is 0 Å². The Balaban J connectivity index is 1.76. The topological polar surface area (TPSA) is 84.1 Å². The first-order valence-corrected chi connectivity index (χ1v) is 10.4. The van der Waals surface area contributed by atoms with Crippen LogP contribution in [0.15, 0.2) is 53.7 Å². The smallest absolute Gasteiger partial charge is 0.331 e. The average molecular weight is 437 g/mol. The van der Waals surface area contributed by atoms with Crippen LogP contribution in [0.25, 0.3) is 11.2 Å². The Morgan fingerprint density at radius 2 is 1.81 bits per heavy atom. The van der Waals surface area contributed by atoms with Gasteiger partial charge in [-0.25, -0.2) is 14.2 Å². The fourth-order valence-electron chi connectivity index (χ4n) is 3.39. The van der Waals surface area contributed by atoms with Gasteiger partial charge >= 0.3 is 11.7 Å². The summed E-state index contributed by atoms with van der Waals surface area (Å²) in [6.45, 7) is 3.02. The lowest BCUT2D eigenvalue weighted by molar-refractivity contribution is 0.286. The van der Waals surface area contributed by atoms with Crippen LogP contribution in [-0.4, -0.2) is 37.8 Å². The second kappa shape index (κ2) is 9.59. The summed E-state index contributed by atoms with van der Waals surface area (Å²) in [4.78, 5) is 26.0. The predicted octanol–water partition coefficient (Wildman–Crippen LogP) is 3.41. The molecule has 0 aliphatic heterocycles. The summed E-state index contributed by atoms with van der Waals surface area (Å²) < 4.78 is 27.6. The Bertz CT molecular complexity index is 1270. The van der Waals surface area contributed by atoms with Crippen molar-refractivity contribution in [2.24, 2.45) is 0 Å². The summed E-state index contributed by atoms with van der Waals surface area (Å²) in [6.07, 6.45) is 6.10. The molecule has 4 rings (SSSR count). The van der Waals surface area contributed by atoms with Crippen LogP contribution in [0.2, 0.25) is 0 Å². The molecule has 3 aromatic heterocycles. The van der Waals surface area contributed by atoms with Crippen LogP contribution in [0.3, 0.4) is 0 Å². The van der Waals surface area contributed by atoms with Crippen molar-refractivity contribution in [3.63, 3.8) is 0 Å². The first-order chi connectivity index (χ1) is 15.6. The number of unbranched alkanes of at least 4 members (excludes halogenated alkanes) is 1. The maximum absolute atomic E-state index is 13.6. The standard InChI is InChI=1S/C23H24FN5O3/c1-3-4-9-32-22-26-13-20-21(27-22)29(14-16-5-7-19(31-2)8-6-16)23(30)28(20)15-17-10-18(24)12-25-11-17/h5-8,10-13H,3-4,9,14-15H2,1-2H3. The molecule has 4 aromatic rings. The van der Waals surface area contributed by atoms with Crippen molar-refractivity contribution in [2.45, 2.75) is 32.9 Å². The van der Waals surface area contributed by atoms with Crippen molar-refractivity contribution in [2.75, 3.05) is 13.7 Å². The Morgan fingerprint density at radius 1 is 1.03 bits per heavy atom. The van der Waals surface area contributed by atoms with Crippen LogP contribution in [0.4, 0.5) is 4.39 Å². The fraction of sp³-hybridized carbons (Fsp3) is 0.304. The number of aromatic nitrogens is 5. The van der Waals surface area contributed by atoms with Crippen LogP contribution in [0.1, 0.15) is 30.9 Å². The number of nitrogens with zero attached hydrogens (tertiary/aromatic N) is 5. The predicted molar refractivity (Wildman–Crippen MR) is 118 cm³/mol. The number of methoxy groups -OCH3 is 1. The lowest BCUT2D eigenvalue weighted by atomic mass is 10.2. The fourth-order valence-corrected chi connectivity index (χ4v) is 3.39. The Labute approximate surface area is 184 Å². The van der Waals surface area contributed by atoms with Crippen molar-refractivity contribution in [1.82, 2.24) is 24.1 Å². The minimum Gasteiger partial charge on any atom is -0.497 e. The third-order valence-electron chi connectivity index (χ3n) is 5.07. The maximum atomic E-state index is 13.6. The van der Waals surface area contributed by atoms with E-state index in [1.165, 1.54) is 16.8 Å². The van der Waals surface area contributed by atoms with Crippen molar-refractivity contribution >= 4 is 11.2 Å². The quantitative estimate of drug-likeness (QED) is 0.373. The third kappa shape index (κ3) is 4.61. The molecule has 1 aromatic carbocycles. The molecule has 3 heterocycles. The van der Waals surface area contributed by atoms with Gasteiger partial charge in [0.25, 0.3) is 0 Å². The van der Waals surface area contributed by atoms with Crippen LogP contribution >= 0.6 is 0 Å². The monoisotopic (exact) mass is 437 g/mol. The molecule has 0 aliphatic carbocycles. The minimum atomic E-state index is -0.458. The first-order valence-electron chi connectivity index (χ1n) is 10.4. The third-order valence-corrected chi connectivity index (χ3v) is 5.07. The zero-order chi connectivity index (χ0) is 22.5. The Hall–Kier alpha value is -3.75. The molecule has 0 radical (unpaired) electrons. The number of hydrogen-bond donors (Lipinski definition) is 0. The maximum Gasteiger partial charge on any atom is 0.331 e. The number of benzene rings is 1. The number of imidazole rings is 1. The summed E-state index contributed by atoms with van der Waals surface area (Å²) in [6, 6.07) is 9.04. The van der Waals surface area contributed by atoms with E-state index in [2.05, 4.69) is 21.9 Å². The van der Waals surface area contributed by atoms with Crippen LogP contribution in [-0.2, 0) is 13.1 Å². The van der Waals surface area contributed by atoms with Gasteiger partial charge in [0, 0.05) is 6.20 Å². The number of halogens is 1. The van der Waals surface area contributed by atoms with E-state index in [1.807, 2.05) is 24.3 Å². The summed E-state index contributed by atoms with van der Waals surface area (Å²) in [5, 5.41) is 0. The van der Waals surface area contributed by atoms with Crippen molar-refractivity contribution < 1.29 is 13.9 Å². The van der Waals surface area contributed by atoms with E-state index in [1.54, 1.807) is 17.9 Å². The second-order valence-corrected chi connectivity index (χ2v) is 7.38. The molecule has 0 fully saturated rings. The average Bonchev–Trinajstić information content (AvgIpc) is 3.05. The van der Waals surface area contributed by atoms with Gasteiger partial charge in [0.15, 0.2) is 5.65 Å². The van der Waals surface area contributed by atoms with Crippen LogP contribution in [0.5, 0.6) is 11.8 Å². The normalized spacial score (nSPS) is 11.1. The highest BCUT2D eigenvalue weighted by atomic mass is 19.1. The highest BCUT2D eigenvalue weighted by Crippen LogP contribution is 2.18. The van der Waals surface area contributed by atoms with E-state index < -0.39 is 5.82 Å². The van der Waals surface area contributed by atoms with Gasteiger partial charge < -0.3 is 9.47 Å². The number of pyridine rings is 1. The van der Waals surface area contributed by atoms with Gasteiger partial charge in [0.2, 0.25) is 0 Å². The molecule has 8 nitrogen and oxygen atoms in total. The van der Waals surface area contributed by atoms with E-state index in [0.29, 0.717) is 29.9 Å². The highest BCUT2D eigenvalue weighted by Gasteiger charge is 2.17. The largest absolute Gasteiger partial charge is 0.497 e. The van der Waals surface area contributed by atoms with Crippen molar-refractivity contribution in [3.8, 4) is 11.8 Å². The van der Waals surface area contributed by atoms with Crippen LogP contribution in [0, 0.1) is 5.82 Å². The molecule has 9 heteroatoms. The van der Waals surface area contributed by atoms with Gasteiger partial charge in [-0.3, -0.25) is 14.1 Å². The minimum absolute atomic E-state index is 0.148. The summed E-state index contributed by atoms with van der Waals surface area (Å²) >= 11 is 0. The highest BCUT2D eigenvalue weighted by molar-refractivity contribution is 5.71. The van der Waals surface area contributed by atoms with Gasteiger partial charge in [-0.05, 0) is 35.7 Å². The van der Waals surface area contributed by atoms with E-state index in [-0.39, 0.29) is 18.2 Å². The zero-order valence-electron chi connectivity index (χ0n) is 18.0. The van der Waals surface area contributed by atoms with Gasteiger partial charge in [-0.15, -0.1) is 0 Å². The lowest BCUT2D eigenvalue weighted by Gasteiger charge is -2.06. The molecule has 0 saturated carbocycles. The molecule has 0 spiro atoms. The van der Waals surface area contributed by atoms with Gasteiger partial charge in [-0.1, -0.05) is 25.5 Å². The molecule has 0 amide bonds. The van der Waals surface area contributed by atoms with E-state index in [4.69, 9.17) is 9.47 Å². The van der Waals surface area contributed by atoms with Gasteiger partial charge in [0.1, 0.15) is 17.1 Å². The molecule has 0 bridgehead atoms. The molecule has 0 aliphatic rings. The summed E-state index contributed by atoms with van der Waals surface area (Å²) in [5.41, 5.74) is 2.19. The molecule has 0 N–H and O–H groups in total. The SMILES string of the molecule is CCCCOc1ncc2c(n1)n(Cc1ccc(OC)cc1)c(=O)n2Cc1cncc(F)c1. The number of fused-ring (bicyclic) bond motifs is 1. The van der Waals surface area contributed by atoms with Crippen molar-refractivity contribution in [3.05, 3.63) is 76.4 Å². The number of hydrogen-bond acceptors (Lipinski definition) is 6.